The van der Waals surface area contributed by atoms with Gasteiger partial charge >= 0.3 is 0 Å². The second kappa shape index (κ2) is 6.02. The van der Waals surface area contributed by atoms with E-state index < -0.39 is 0 Å². The van der Waals surface area contributed by atoms with Crippen molar-refractivity contribution < 1.29 is 4.79 Å². The van der Waals surface area contributed by atoms with E-state index in [1.807, 2.05) is 11.9 Å². The summed E-state index contributed by atoms with van der Waals surface area (Å²) in [5.41, 5.74) is 0. The molecule has 0 aromatic rings. The fourth-order valence-corrected chi connectivity index (χ4v) is 2.12. The molecule has 1 fully saturated rings. The number of amides is 1. The summed E-state index contributed by atoms with van der Waals surface area (Å²) in [6.07, 6.45) is 4.11. The first-order chi connectivity index (χ1) is 6.77. The molecule has 0 saturated carbocycles. The summed E-state index contributed by atoms with van der Waals surface area (Å²) in [6.45, 7) is 5.03. The molecule has 0 spiro atoms. The predicted molar refractivity (Wildman–Crippen MR) is 58.1 cm³/mol. The van der Waals surface area contributed by atoms with Gasteiger partial charge in [-0.1, -0.05) is 6.92 Å². The Balaban J connectivity index is 2.35. The number of piperidine rings is 1. The quantitative estimate of drug-likeness (QED) is 0.737. The van der Waals surface area contributed by atoms with Crippen LogP contribution in [0.4, 0.5) is 0 Å². The number of nitrogens with zero attached hydrogens (tertiary/aromatic N) is 1. The molecular weight excluding hydrogens is 176 g/mol. The van der Waals surface area contributed by atoms with Crippen LogP contribution in [0.25, 0.3) is 0 Å². The maximum atomic E-state index is 11.7. The van der Waals surface area contributed by atoms with E-state index in [-0.39, 0.29) is 0 Å². The molecule has 3 nitrogen and oxygen atoms in total. The van der Waals surface area contributed by atoms with E-state index in [2.05, 4.69) is 12.2 Å². The lowest BCUT2D eigenvalue weighted by Gasteiger charge is -2.32. The molecule has 1 amide bonds. The van der Waals surface area contributed by atoms with Crippen molar-refractivity contribution in [3.05, 3.63) is 0 Å². The highest BCUT2D eigenvalue weighted by atomic mass is 16.2. The van der Waals surface area contributed by atoms with E-state index in [9.17, 15) is 4.79 Å². The van der Waals surface area contributed by atoms with Crippen molar-refractivity contribution >= 4 is 5.91 Å². The highest BCUT2D eigenvalue weighted by molar-refractivity contribution is 5.76. The Morgan fingerprint density at radius 1 is 1.57 bits per heavy atom. The van der Waals surface area contributed by atoms with Crippen LogP contribution in [0.15, 0.2) is 0 Å². The molecule has 0 aromatic heterocycles. The molecule has 1 N–H and O–H groups in total. The van der Waals surface area contributed by atoms with Gasteiger partial charge in [-0.15, -0.1) is 0 Å². The normalized spacial score (nSPS) is 22.4. The van der Waals surface area contributed by atoms with Crippen molar-refractivity contribution in [2.45, 2.75) is 32.6 Å². The van der Waals surface area contributed by atoms with Gasteiger partial charge in [0.1, 0.15) is 0 Å². The van der Waals surface area contributed by atoms with Gasteiger partial charge in [0, 0.05) is 19.5 Å². The Hall–Kier alpha value is -0.570. The lowest BCUT2D eigenvalue weighted by molar-refractivity contribution is -0.133. The summed E-state index contributed by atoms with van der Waals surface area (Å²) in [5.74, 6) is 1.00. The summed E-state index contributed by atoms with van der Waals surface area (Å²) in [7, 11) is 1.98. The maximum absolute atomic E-state index is 11.7. The summed E-state index contributed by atoms with van der Waals surface area (Å²) in [5, 5.41) is 3.19. The summed E-state index contributed by atoms with van der Waals surface area (Å²) >= 11 is 0. The number of hydrogen-bond donors (Lipinski definition) is 1. The minimum Gasteiger partial charge on any atom is -0.342 e. The number of rotatable bonds is 4. The molecule has 1 heterocycles. The smallest absolute Gasteiger partial charge is 0.222 e. The van der Waals surface area contributed by atoms with E-state index in [0.717, 1.165) is 26.1 Å². The number of hydrogen-bond acceptors (Lipinski definition) is 2. The third-order valence-corrected chi connectivity index (χ3v) is 2.83. The standard InChI is InChI=1S/C11H22N2O/c1-3-5-11(14)13-7-4-6-10(9-13)8-12-2/h10,12H,3-9H2,1-2H3. The van der Waals surface area contributed by atoms with Gasteiger partial charge in [0.25, 0.3) is 0 Å². The Kier molecular flexibility index (Phi) is 4.94. The van der Waals surface area contributed by atoms with E-state index in [1.165, 1.54) is 12.8 Å². The van der Waals surface area contributed by atoms with Crippen molar-refractivity contribution in [3.63, 3.8) is 0 Å². The second-order valence-corrected chi connectivity index (χ2v) is 4.16. The molecule has 82 valence electrons. The van der Waals surface area contributed by atoms with Gasteiger partial charge in [0.05, 0.1) is 0 Å². The van der Waals surface area contributed by atoms with Crippen LogP contribution < -0.4 is 5.32 Å². The highest BCUT2D eigenvalue weighted by Gasteiger charge is 2.22. The van der Waals surface area contributed by atoms with E-state index >= 15 is 0 Å². The lowest BCUT2D eigenvalue weighted by atomic mass is 9.98. The van der Waals surface area contributed by atoms with Gasteiger partial charge in [0.2, 0.25) is 5.91 Å². The maximum Gasteiger partial charge on any atom is 0.222 e. The van der Waals surface area contributed by atoms with Crippen molar-refractivity contribution in [2.75, 3.05) is 26.7 Å². The highest BCUT2D eigenvalue weighted by Crippen LogP contribution is 2.16. The Morgan fingerprint density at radius 3 is 3.00 bits per heavy atom. The summed E-state index contributed by atoms with van der Waals surface area (Å²) in [4.78, 5) is 13.7. The van der Waals surface area contributed by atoms with E-state index in [0.29, 0.717) is 18.2 Å². The lowest BCUT2D eigenvalue weighted by Crippen LogP contribution is -2.42. The fraction of sp³-hybridized carbons (Fsp3) is 0.909. The third-order valence-electron chi connectivity index (χ3n) is 2.83. The van der Waals surface area contributed by atoms with Crippen LogP contribution in [0.1, 0.15) is 32.6 Å². The average Bonchev–Trinajstić information content (AvgIpc) is 2.19. The van der Waals surface area contributed by atoms with Gasteiger partial charge in [-0.3, -0.25) is 4.79 Å². The number of carbonyl (C=O) groups is 1. The molecule has 1 saturated heterocycles. The molecule has 1 aliphatic rings. The molecule has 1 rings (SSSR count). The zero-order valence-electron chi connectivity index (χ0n) is 9.38. The van der Waals surface area contributed by atoms with Gasteiger partial charge in [-0.05, 0) is 38.8 Å². The van der Waals surface area contributed by atoms with Gasteiger partial charge in [0.15, 0.2) is 0 Å². The molecule has 1 atom stereocenters. The summed E-state index contributed by atoms with van der Waals surface area (Å²) in [6, 6.07) is 0. The number of likely N-dealkylation sites (tertiary alicyclic amines) is 1. The molecule has 0 aliphatic carbocycles. The van der Waals surface area contributed by atoms with Crippen molar-refractivity contribution in [1.29, 1.82) is 0 Å². The fourth-order valence-electron chi connectivity index (χ4n) is 2.12. The van der Waals surface area contributed by atoms with Crippen molar-refractivity contribution in [1.82, 2.24) is 10.2 Å². The minimum atomic E-state index is 0.341. The molecule has 0 aromatic carbocycles. The van der Waals surface area contributed by atoms with Crippen LogP contribution in [0, 0.1) is 5.92 Å². The van der Waals surface area contributed by atoms with E-state index in [1.54, 1.807) is 0 Å². The van der Waals surface area contributed by atoms with Crippen LogP contribution >= 0.6 is 0 Å². The Morgan fingerprint density at radius 2 is 2.36 bits per heavy atom. The zero-order chi connectivity index (χ0) is 10.4. The van der Waals surface area contributed by atoms with Crippen LogP contribution in [0.2, 0.25) is 0 Å². The van der Waals surface area contributed by atoms with Crippen LogP contribution in [0.3, 0.4) is 0 Å². The molecule has 3 heteroatoms. The largest absolute Gasteiger partial charge is 0.342 e. The second-order valence-electron chi connectivity index (χ2n) is 4.16. The minimum absolute atomic E-state index is 0.341. The zero-order valence-corrected chi connectivity index (χ0v) is 9.38. The molecule has 0 radical (unpaired) electrons. The molecule has 1 unspecified atom stereocenters. The number of carbonyl (C=O) groups excluding carboxylic acids is 1. The van der Waals surface area contributed by atoms with Gasteiger partial charge in [-0.25, -0.2) is 0 Å². The third kappa shape index (κ3) is 3.29. The van der Waals surface area contributed by atoms with E-state index in [4.69, 9.17) is 0 Å². The topological polar surface area (TPSA) is 32.3 Å². The summed E-state index contributed by atoms with van der Waals surface area (Å²) < 4.78 is 0. The van der Waals surface area contributed by atoms with Crippen molar-refractivity contribution in [3.8, 4) is 0 Å². The first kappa shape index (κ1) is 11.5. The van der Waals surface area contributed by atoms with Crippen LogP contribution in [0.5, 0.6) is 0 Å². The van der Waals surface area contributed by atoms with Crippen LogP contribution in [-0.2, 0) is 4.79 Å². The Bertz CT molecular complexity index is 180. The molecule has 0 bridgehead atoms. The SMILES string of the molecule is CCCC(=O)N1CCCC(CNC)C1. The molecular formula is C11H22N2O. The predicted octanol–water partition coefficient (Wildman–Crippen LogP) is 1.24. The monoisotopic (exact) mass is 198 g/mol. The molecule has 1 aliphatic heterocycles. The average molecular weight is 198 g/mol. The van der Waals surface area contributed by atoms with Crippen molar-refractivity contribution in [2.24, 2.45) is 5.92 Å². The number of nitrogens with one attached hydrogen (secondary N) is 1. The van der Waals surface area contributed by atoms with Gasteiger partial charge in [-0.2, -0.15) is 0 Å². The van der Waals surface area contributed by atoms with Gasteiger partial charge < -0.3 is 10.2 Å². The van der Waals surface area contributed by atoms with Crippen LogP contribution in [-0.4, -0.2) is 37.5 Å². The first-order valence-corrected chi connectivity index (χ1v) is 5.70. The molecule has 14 heavy (non-hydrogen) atoms. The first-order valence-electron chi connectivity index (χ1n) is 5.70. The Labute approximate surface area is 86.9 Å².